The van der Waals surface area contributed by atoms with Crippen LogP contribution in [0.25, 0.3) is 0 Å². The molecule has 0 atom stereocenters. The third-order valence-corrected chi connectivity index (χ3v) is 4.41. The lowest BCUT2D eigenvalue weighted by molar-refractivity contribution is 0.0614. The van der Waals surface area contributed by atoms with Crippen molar-refractivity contribution >= 4 is 5.91 Å². The zero-order valence-electron chi connectivity index (χ0n) is 14.3. The number of hydrogen-bond acceptors (Lipinski definition) is 4. The predicted molar refractivity (Wildman–Crippen MR) is 96.6 cm³/mol. The summed E-state index contributed by atoms with van der Waals surface area (Å²) in [6.45, 7) is 4.30. The number of benzene rings is 2. The van der Waals surface area contributed by atoms with E-state index >= 15 is 0 Å². The number of carbonyl (C=O) groups is 1. The zero-order chi connectivity index (χ0) is 17.5. The highest BCUT2D eigenvalue weighted by Crippen LogP contribution is 2.17. The van der Waals surface area contributed by atoms with E-state index in [-0.39, 0.29) is 12.5 Å². The van der Waals surface area contributed by atoms with E-state index in [1.165, 1.54) is 0 Å². The number of aliphatic hydroxyl groups excluding tert-OH is 1. The number of amides is 1. The van der Waals surface area contributed by atoms with E-state index in [9.17, 15) is 4.79 Å². The van der Waals surface area contributed by atoms with Crippen molar-refractivity contribution < 1.29 is 14.6 Å². The molecule has 1 aliphatic heterocycles. The molecule has 0 aromatic heterocycles. The molecule has 0 unspecified atom stereocenters. The molecule has 1 aliphatic rings. The summed E-state index contributed by atoms with van der Waals surface area (Å²) in [6.07, 6.45) is 0. The van der Waals surface area contributed by atoms with Crippen molar-refractivity contribution in [2.75, 3.05) is 39.3 Å². The third-order valence-electron chi connectivity index (χ3n) is 4.41. The van der Waals surface area contributed by atoms with Crippen LogP contribution in [0.3, 0.4) is 0 Å². The maximum absolute atomic E-state index is 12.7. The Hall–Kier alpha value is -2.37. The van der Waals surface area contributed by atoms with Gasteiger partial charge in [0.05, 0.1) is 6.61 Å². The van der Waals surface area contributed by atoms with E-state index in [1.54, 1.807) is 0 Å². The number of nitrogens with zero attached hydrogens (tertiary/aromatic N) is 2. The van der Waals surface area contributed by atoms with E-state index in [0.29, 0.717) is 37.6 Å². The first-order chi connectivity index (χ1) is 12.3. The van der Waals surface area contributed by atoms with E-state index in [2.05, 4.69) is 4.90 Å². The van der Waals surface area contributed by atoms with Gasteiger partial charge in [-0.15, -0.1) is 0 Å². The standard InChI is InChI=1S/C20H24N2O3/c23-14-13-21-9-11-22(12-10-21)20(24)18-7-4-8-19(15-18)25-16-17-5-2-1-3-6-17/h1-8,15,23H,9-14,16H2. The Morgan fingerprint density at radius 1 is 1.00 bits per heavy atom. The molecule has 2 aromatic carbocycles. The molecule has 0 bridgehead atoms. The van der Waals surface area contributed by atoms with Gasteiger partial charge in [-0.1, -0.05) is 36.4 Å². The summed E-state index contributed by atoms with van der Waals surface area (Å²) in [5.74, 6) is 0.738. The van der Waals surface area contributed by atoms with Gasteiger partial charge in [0.2, 0.25) is 0 Å². The van der Waals surface area contributed by atoms with E-state index in [4.69, 9.17) is 9.84 Å². The minimum absolute atomic E-state index is 0.0359. The maximum atomic E-state index is 12.7. The molecular weight excluding hydrogens is 316 g/mol. The van der Waals surface area contributed by atoms with Crippen LogP contribution in [0.4, 0.5) is 0 Å². The number of carbonyl (C=O) groups excluding carboxylic acids is 1. The molecule has 0 saturated carbocycles. The van der Waals surface area contributed by atoms with Crippen molar-refractivity contribution in [1.82, 2.24) is 9.80 Å². The molecule has 2 aromatic rings. The fraction of sp³-hybridized carbons (Fsp3) is 0.350. The maximum Gasteiger partial charge on any atom is 0.254 e. The highest BCUT2D eigenvalue weighted by atomic mass is 16.5. The Morgan fingerprint density at radius 3 is 2.48 bits per heavy atom. The van der Waals surface area contributed by atoms with Gasteiger partial charge in [-0.25, -0.2) is 0 Å². The van der Waals surface area contributed by atoms with Crippen LogP contribution in [0.2, 0.25) is 0 Å². The second-order valence-corrected chi connectivity index (χ2v) is 6.16. The van der Waals surface area contributed by atoms with Crippen LogP contribution in [0.15, 0.2) is 54.6 Å². The molecule has 1 amide bonds. The monoisotopic (exact) mass is 340 g/mol. The van der Waals surface area contributed by atoms with Crippen molar-refractivity contribution in [3.63, 3.8) is 0 Å². The molecule has 3 rings (SSSR count). The van der Waals surface area contributed by atoms with Crippen molar-refractivity contribution in [3.8, 4) is 5.75 Å². The van der Waals surface area contributed by atoms with Crippen molar-refractivity contribution in [2.24, 2.45) is 0 Å². The molecule has 1 saturated heterocycles. The number of β-amino-alcohol motifs (C(OH)–C–C–N with tert-alkyl or cyclic N) is 1. The Bertz CT molecular complexity index is 682. The molecule has 132 valence electrons. The number of rotatable bonds is 6. The average molecular weight is 340 g/mol. The summed E-state index contributed by atoms with van der Waals surface area (Å²) in [5, 5.41) is 9.00. The van der Waals surface area contributed by atoms with Gasteiger partial charge >= 0.3 is 0 Å². The van der Waals surface area contributed by atoms with Gasteiger partial charge in [0.1, 0.15) is 12.4 Å². The molecule has 1 fully saturated rings. The first kappa shape index (κ1) is 17.5. The smallest absolute Gasteiger partial charge is 0.254 e. The lowest BCUT2D eigenvalue weighted by Crippen LogP contribution is -2.49. The Kier molecular flexibility index (Phi) is 6.04. The van der Waals surface area contributed by atoms with Gasteiger partial charge in [-0.3, -0.25) is 9.69 Å². The highest BCUT2D eigenvalue weighted by molar-refractivity contribution is 5.94. The molecule has 25 heavy (non-hydrogen) atoms. The first-order valence-corrected chi connectivity index (χ1v) is 8.65. The molecule has 0 aliphatic carbocycles. The van der Waals surface area contributed by atoms with Crippen molar-refractivity contribution in [1.29, 1.82) is 0 Å². The minimum Gasteiger partial charge on any atom is -0.489 e. The van der Waals surface area contributed by atoms with E-state index in [0.717, 1.165) is 18.7 Å². The Balaban J connectivity index is 1.58. The topological polar surface area (TPSA) is 53.0 Å². The highest BCUT2D eigenvalue weighted by Gasteiger charge is 2.22. The SMILES string of the molecule is O=C(c1cccc(OCc2ccccc2)c1)N1CCN(CCO)CC1. The number of ether oxygens (including phenoxy) is 1. The van der Waals surface area contributed by atoms with Gasteiger partial charge in [0.25, 0.3) is 5.91 Å². The second-order valence-electron chi connectivity index (χ2n) is 6.16. The lowest BCUT2D eigenvalue weighted by Gasteiger charge is -2.34. The largest absolute Gasteiger partial charge is 0.489 e. The third kappa shape index (κ3) is 4.81. The molecular formula is C20H24N2O3. The fourth-order valence-electron chi connectivity index (χ4n) is 2.96. The molecule has 1 N–H and O–H groups in total. The summed E-state index contributed by atoms with van der Waals surface area (Å²) in [4.78, 5) is 16.7. The van der Waals surface area contributed by atoms with Crippen molar-refractivity contribution in [3.05, 3.63) is 65.7 Å². The summed E-state index contributed by atoms with van der Waals surface area (Å²) in [6, 6.07) is 17.3. The van der Waals surface area contributed by atoms with Crippen LogP contribution in [0, 0.1) is 0 Å². The fourth-order valence-corrected chi connectivity index (χ4v) is 2.96. The van der Waals surface area contributed by atoms with Crippen LogP contribution in [-0.4, -0.2) is 60.1 Å². The second kappa shape index (κ2) is 8.65. The number of piperazine rings is 1. The molecule has 5 heteroatoms. The summed E-state index contributed by atoms with van der Waals surface area (Å²) in [5.41, 5.74) is 1.75. The molecule has 5 nitrogen and oxygen atoms in total. The normalized spacial score (nSPS) is 15.2. The van der Waals surface area contributed by atoms with Crippen LogP contribution in [0.5, 0.6) is 5.75 Å². The van der Waals surface area contributed by atoms with Crippen LogP contribution in [0.1, 0.15) is 15.9 Å². The van der Waals surface area contributed by atoms with Crippen LogP contribution < -0.4 is 4.74 Å². The van der Waals surface area contributed by atoms with Gasteiger partial charge < -0.3 is 14.7 Å². The average Bonchev–Trinajstić information content (AvgIpc) is 2.68. The molecule has 1 heterocycles. The predicted octanol–water partition coefficient (Wildman–Crippen LogP) is 2.02. The Morgan fingerprint density at radius 2 is 1.76 bits per heavy atom. The number of hydrogen-bond donors (Lipinski definition) is 1. The van der Waals surface area contributed by atoms with Gasteiger partial charge in [-0.2, -0.15) is 0 Å². The first-order valence-electron chi connectivity index (χ1n) is 8.65. The minimum atomic E-state index is 0.0359. The number of aliphatic hydroxyl groups is 1. The van der Waals surface area contributed by atoms with Crippen molar-refractivity contribution in [2.45, 2.75) is 6.61 Å². The van der Waals surface area contributed by atoms with Crippen LogP contribution >= 0.6 is 0 Å². The van der Waals surface area contributed by atoms with Gasteiger partial charge in [-0.05, 0) is 23.8 Å². The molecule has 0 radical (unpaired) electrons. The summed E-state index contributed by atoms with van der Waals surface area (Å²) < 4.78 is 5.81. The lowest BCUT2D eigenvalue weighted by atomic mass is 10.1. The summed E-state index contributed by atoms with van der Waals surface area (Å²) in [7, 11) is 0. The van der Waals surface area contributed by atoms with Gasteiger partial charge in [0, 0.05) is 38.3 Å². The van der Waals surface area contributed by atoms with Crippen LogP contribution in [-0.2, 0) is 6.61 Å². The van der Waals surface area contributed by atoms with E-state index < -0.39 is 0 Å². The van der Waals surface area contributed by atoms with E-state index in [1.807, 2.05) is 59.5 Å². The molecule has 0 spiro atoms. The van der Waals surface area contributed by atoms with Gasteiger partial charge in [0.15, 0.2) is 0 Å². The quantitative estimate of drug-likeness (QED) is 0.874. The summed E-state index contributed by atoms with van der Waals surface area (Å²) >= 11 is 0. The Labute approximate surface area is 148 Å². The zero-order valence-corrected chi connectivity index (χ0v) is 14.3.